The van der Waals surface area contributed by atoms with Crippen molar-refractivity contribution < 1.29 is 19.4 Å². The van der Waals surface area contributed by atoms with Gasteiger partial charge in [0.2, 0.25) is 5.91 Å². The minimum Gasteiger partial charge on any atom is -0.450 e. The molecule has 1 heterocycles. The number of amides is 2. The number of hydrogen-bond acceptors (Lipinski definition) is 4. The maximum absolute atomic E-state index is 12.0. The van der Waals surface area contributed by atoms with Gasteiger partial charge in [-0.1, -0.05) is 6.92 Å². The first-order valence-corrected chi connectivity index (χ1v) is 6.45. The molecule has 2 amide bonds. The van der Waals surface area contributed by atoms with E-state index in [2.05, 4.69) is 0 Å². The van der Waals surface area contributed by atoms with Crippen LogP contribution >= 0.6 is 0 Å². The minimum absolute atomic E-state index is 0.0245. The lowest BCUT2D eigenvalue weighted by atomic mass is 10.1. The summed E-state index contributed by atoms with van der Waals surface area (Å²) in [6.07, 6.45) is 0.312. The number of aliphatic hydroxyl groups excluding tert-OH is 1. The molecule has 0 bridgehead atoms. The Morgan fingerprint density at radius 1 is 1.17 bits per heavy atom. The molecule has 0 aromatic carbocycles. The summed E-state index contributed by atoms with van der Waals surface area (Å²) in [5, 5.41) is 9.11. The van der Waals surface area contributed by atoms with Gasteiger partial charge in [-0.3, -0.25) is 4.79 Å². The quantitative estimate of drug-likeness (QED) is 0.787. The van der Waals surface area contributed by atoms with Crippen molar-refractivity contribution in [2.24, 2.45) is 5.92 Å². The lowest BCUT2D eigenvalue weighted by Gasteiger charge is -2.35. The van der Waals surface area contributed by atoms with Crippen molar-refractivity contribution in [2.45, 2.75) is 20.3 Å². The number of nitrogens with zero attached hydrogens (tertiary/aromatic N) is 2. The molecule has 18 heavy (non-hydrogen) atoms. The lowest BCUT2D eigenvalue weighted by molar-refractivity contribution is -0.138. The molecule has 0 aromatic heterocycles. The van der Waals surface area contributed by atoms with Crippen LogP contribution in [0.5, 0.6) is 0 Å². The van der Waals surface area contributed by atoms with Crippen LogP contribution in [-0.4, -0.2) is 66.3 Å². The Morgan fingerprint density at radius 3 is 2.17 bits per heavy atom. The zero-order valence-corrected chi connectivity index (χ0v) is 11.1. The molecule has 1 aliphatic rings. The fourth-order valence-electron chi connectivity index (χ4n) is 1.96. The van der Waals surface area contributed by atoms with Crippen molar-refractivity contribution >= 4 is 12.0 Å². The van der Waals surface area contributed by atoms with Gasteiger partial charge in [0, 0.05) is 26.2 Å². The van der Waals surface area contributed by atoms with Gasteiger partial charge in [0.05, 0.1) is 19.1 Å². The summed E-state index contributed by atoms with van der Waals surface area (Å²) < 4.78 is 4.91. The predicted octanol–water partition coefficient (Wildman–Crippen LogP) is 0.306. The number of aliphatic hydroxyl groups is 1. The smallest absolute Gasteiger partial charge is 0.409 e. The van der Waals surface area contributed by atoms with Gasteiger partial charge in [0.25, 0.3) is 0 Å². The van der Waals surface area contributed by atoms with E-state index in [0.717, 1.165) is 0 Å². The van der Waals surface area contributed by atoms with E-state index in [9.17, 15) is 9.59 Å². The van der Waals surface area contributed by atoms with E-state index in [-0.39, 0.29) is 24.5 Å². The second-order valence-electron chi connectivity index (χ2n) is 4.30. The average molecular weight is 258 g/mol. The summed E-state index contributed by atoms with van der Waals surface area (Å²) in [6, 6.07) is 0. The number of piperazine rings is 1. The summed E-state index contributed by atoms with van der Waals surface area (Å²) >= 11 is 0. The maximum atomic E-state index is 12.0. The molecule has 0 aromatic rings. The molecule has 1 N–H and O–H groups in total. The Bertz CT molecular complexity index is 284. The highest BCUT2D eigenvalue weighted by atomic mass is 16.6. The second-order valence-corrected chi connectivity index (χ2v) is 4.30. The standard InChI is InChI=1S/C12H22N2O4/c1-3-10(9-15)11(16)13-5-7-14(8-6-13)12(17)18-4-2/h10,15H,3-9H2,1-2H3. The molecule has 104 valence electrons. The number of rotatable bonds is 4. The molecule has 0 spiro atoms. The minimum atomic E-state index is -0.321. The topological polar surface area (TPSA) is 70.1 Å². The van der Waals surface area contributed by atoms with Crippen molar-refractivity contribution in [1.82, 2.24) is 9.80 Å². The number of carbonyl (C=O) groups is 2. The van der Waals surface area contributed by atoms with Crippen LogP contribution in [0.2, 0.25) is 0 Å². The number of ether oxygens (including phenoxy) is 1. The third-order valence-electron chi connectivity index (χ3n) is 3.18. The average Bonchev–Trinajstić information content (AvgIpc) is 2.40. The molecule has 1 atom stereocenters. The normalized spacial score (nSPS) is 17.5. The van der Waals surface area contributed by atoms with Crippen molar-refractivity contribution in [1.29, 1.82) is 0 Å². The lowest BCUT2D eigenvalue weighted by Crippen LogP contribution is -2.52. The van der Waals surface area contributed by atoms with Crippen LogP contribution in [0.25, 0.3) is 0 Å². The summed E-state index contributed by atoms with van der Waals surface area (Å²) in [5.74, 6) is -0.345. The van der Waals surface area contributed by atoms with Crippen LogP contribution in [0.4, 0.5) is 4.79 Å². The molecular weight excluding hydrogens is 236 g/mol. The third kappa shape index (κ3) is 3.60. The highest BCUT2D eigenvalue weighted by Gasteiger charge is 2.28. The Kier molecular flexibility index (Phi) is 5.91. The molecule has 1 unspecified atom stereocenters. The predicted molar refractivity (Wildman–Crippen MR) is 66.0 cm³/mol. The molecule has 1 saturated heterocycles. The summed E-state index contributed by atoms with van der Waals surface area (Å²) in [5.41, 5.74) is 0. The van der Waals surface area contributed by atoms with Gasteiger partial charge >= 0.3 is 6.09 Å². The van der Waals surface area contributed by atoms with Crippen LogP contribution in [0.3, 0.4) is 0 Å². The van der Waals surface area contributed by atoms with Crippen LogP contribution in [0, 0.1) is 5.92 Å². The Morgan fingerprint density at radius 2 is 1.72 bits per heavy atom. The zero-order chi connectivity index (χ0) is 13.5. The van der Waals surface area contributed by atoms with Crippen molar-refractivity contribution in [3.8, 4) is 0 Å². The first kappa shape index (κ1) is 14.8. The van der Waals surface area contributed by atoms with Gasteiger partial charge in [0.15, 0.2) is 0 Å². The Hall–Kier alpha value is -1.30. The van der Waals surface area contributed by atoms with E-state index < -0.39 is 0 Å². The van der Waals surface area contributed by atoms with Gasteiger partial charge in [-0.25, -0.2) is 4.79 Å². The molecule has 1 rings (SSSR count). The van der Waals surface area contributed by atoms with E-state index in [0.29, 0.717) is 39.2 Å². The van der Waals surface area contributed by atoms with Gasteiger partial charge in [-0.2, -0.15) is 0 Å². The Labute approximate surface area is 107 Å². The van der Waals surface area contributed by atoms with Gasteiger partial charge in [0.1, 0.15) is 0 Å². The van der Waals surface area contributed by atoms with Crippen LogP contribution < -0.4 is 0 Å². The van der Waals surface area contributed by atoms with Crippen LogP contribution in [0.1, 0.15) is 20.3 Å². The number of hydrogen-bond donors (Lipinski definition) is 1. The van der Waals surface area contributed by atoms with Gasteiger partial charge in [-0.15, -0.1) is 0 Å². The molecule has 1 aliphatic heterocycles. The monoisotopic (exact) mass is 258 g/mol. The second kappa shape index (κ2) is 7.20. The highest BCUT2D eigenvalue weighted by molar-refractivity contribution is 5.79. The first-order chi connectivity index (χ1) is 8.63. The fourth-order valence-corrected chi connectivity index (χ4v) is 1.96. The van der Waals surface area contributed by atoms with Crippen molar-refractivity contribution in [3.63, 3.8) is 0 Å². The van der Waals surface area contributed by atoms with E-state index in [1.807, 2.05) is 6.92 Å². The highest BCUT2D eigenvalue weighted by Crippen LogP contribution is 2.11. The molecule has 0 aliphatic carbocycles. The third-order valence-corrected chi connectivity index (χ3v) is 3.18. The molecular formula is C12H22N2O4. The van der Waals surface area contributed by atoms with E-state index in [4.69, 9.17) is 9.84 Å². The molecule has 6 heteroatoms. The molecule has 6 nitrogen and oxygen atoms in total. The summed E-state index contributed by atoms with van der Waals surface area (Å²) in [7, 11) is 0. The van der Waals surface area contributed by atoms with Crippen molar-refractivity contribution in [2.75, 3.05) is 39.4 Å². The van der Waals surface area contributed by atoms with E-state index in [1.165, 1.54) is 0 Å². The SMILES string of the molecule is CCOC(=O)N1CCN(C(=O)C(CC)CO)CC1. The summed E-state index contributed by atoms with van der Waals surface area (Å²) in [4.78, 5) is 26.8. The van der Waals surface area contributed by atoms with Gasteiger partial charge in [-0.05, 0) is 13.3 Å². The molecule has 0 radical (unpaired) electrons. The van der Waals surface area contributed by atoms with E-state index in [1.54, 1.807) is 16.7 Å². The largest absolute Gasteiger partial charge is 0.450 e. The summed E-state index contributed by atoms with van der Waals surface area (Å²) in [6.45, 7) is 5.90. The van der Waals surface area contributed by atoms with Crippen molar-refractivity contribution in [3.05, 3.63) is 0 Å². The molecule has 0 saturated carbocycles. The first-order valence-electron chi connectivity index (χ1n) is 6.45. The number of carbonyl (C=O) groups excluding carboxylic acids is 2. The fraction of sp³-hybridized carbons (Fsp3) is 0.833. The van der Waals surface area contributed by atoms with Crippen LogP contribution in [-0.2, 0) is 9.53 Å². The maximum Gasteiger partial charge on any atom is 0.409 e. The Balaban J connectivity index is 2.43. The molecule has 1 fully saturated rings. The van der Waals surface area contributed by atoms with E-state index >= 15 is 0 Å². The van der Waals surface area contributed by atoms with Crippen LogP contribution in [0.15, 0.2) is 0 Å². The zero-order valence-electron chi connectivity index (χ0n) is 11.1. The van der Waals surface area contributed by atoms with Gasteiger partial charge < -0.3 is 19.6 Å².